The molecule has 1 amide bonds. The Morgan fingerprint density at radius 3 is 3.18 bits per heavy atom. The molecule has 17 heavy (non-hydrogen) atoms. The molecular weight excluding hydrogens is 216 g/mol. The lowest BCUT2D eigenvalue weighted by molar-refractivity contribution is -0.119. The quantitative estimate of drug-likeness (QED) is 0.873. The summed E-state index contributed by atoms with van der Waals surface area (Å²) in [6.45, 7) is 2.69. The van der Waals surface area contributed by atoms with Gasteiger partial charge in [0.1, 0.15) is 0 Å². The van der Waals surface area contributed by atoms with E-state index in [4.69, 9.17) is 4.74 Å². The molecule has 0 aliphatic carbocycles. The van der Waals surface area contributed by atoms with Crippen molar-refractivity contribution >= 4 is 11.6 Å². The number of hydrogen-bond donors (Lipinski definition) is 1. The van der Waals surface area contributed by atoms with Crippen molar-refractivity contribution in [2.45, 2.75) is 38.7 Å². The molecule has 1 N–H and O–H groups in total. The normalized spacial score (nSPS) is 19.9. The Morgan fingerprint density at radius 2 is 2.47 bits per heavy atom. The molecule has 2 rings (SSSR count). The zero-order valence-corrected chi connectivity index (χ0v) is 10.1. The molecule has 4 heteroatoms. The van der Waals surface area contributed by atoms with Crippen molar-refractivity contribution in [2.24, 2.45) is 0 Å². The van der Waals surface area contributed by atoms with E-state index in [0.717, 1.165) is 37.3 Å². The van der Waals surface area contributed by atoms with Gasteiger partial charge in [0.2, 0.25) is 5.91 Å². The molecule has 92 valence electrons. The second-order valence-corrected chi connectivity index (χ2v) is 4.43. The summed E-state index contributed by atoms with van der Waals surface area (Å²) < 4.78 is 5.54. The third-order valence-electron chi connectivity index (χ3n) is 2.87. The highest BCUT2D eigenvalue weighted by atomic mass is 16.5. The van der Waals surface area contributed by atoms with Crippen LogP contribution in [-0.4, -0.2) is 23.6 Å². The van der Waals surface area contributed by atoms with E-state index in [1.54, 1.807) is 12.3 Å². The monoisotopic (exact) mass is 234 g/mol. The highest BCUT2D eigenvalue weighted by Gasteiger charge is 2.17. The summed E-state index contributed by atoms with van der Waals surface area (Å²) in [5, 5.41) is 2.87. The molecule has 0 spiro atoms. The summed E-state index contributed by atoms with van der Waals surface area (Å²) >= 11 is 0. The van der Waals surface area contributed by atoms with Crippen LogP contribution in [0.4, 0.5) is 5.69 Å². The van der Waals surface area contributed by atoms with Crippen molar-refractivity contribution in [1.29, 1.82) is 0 Å². The van der Waals surface area contributed by atoms with Gasteiger partial charge in [0.25, 0.3) is 0 Å². The first kappa shape index (κ1) is 12.0. The van der Waals surface area contributed by atoms with E-state index in [-0.39, 0.29) is 12.0 Å². The number of nitrogens with zero attached hydrogens (tertiary/aromatic N) is 1. The predicted octanol–water partition coefficient (Wildman–Crippen LogP) is 2.29. The lowest BCUT2D eigenvalue weighted by Gasteiger charge is -2.21. The molecule has 2 heterocycles. The van der Waals surface area contributed by atoms with E-state index in [9.17, 15) is 4.79 Å². The molecule has 1 aliphatic rings. The number of aryl methyl sites for hydroxylation is 1. The first-order valence-electron chi connectivity index (χ1n) is 6.08. The number of pyridine rings is 1. The number of anilines is 1. The largest absolute Gasteiger partial charge is 0.378 e. The molecule has 1 unspecified atom stereocenters. The minimum Gasteiger partial charge on any atom is -0.378 e. The molecule has 1 aromatic rings. The van der Waals surface area contributed by atoms with Crippen molar-refractivity contribution in [1.82, 2.24) is 4.98 Å². The third kappa shape index (κ3) is 3.82. The van der Waals surface area contributed by atoms with Gasteiger partial charge >= 0.3 is 0 Å². The molecule has 0 saturated carbocycles. The van der Waals surface area contributed by atoms with E-state index in [2.05, 4.69) is 10.3 Å². The Morgan fingerprint density at radius 1 is 1.59 bits per heavy atom. The first-order chi connectivity index (χ1) is 8.24. The maximum absolute atomic E-state index is 11.8. The minimum absolute atomic E-state index is 0.0162. The SMILES string of the molecule is Cc1cc(NC(=O)CC2CCCCO2)ccn1. The lowest BCUT2D eigenvalue weighted by atomic mass is 10.1. The van der Waals surface area contributed by atoms with Gasteiger partial charge in [0.05, 0.1) is 12.5 Å². The maximum atomic E-state index is 11.8. The van der Waals surface area contributed by atoms with Crippen molar-refractivity contribution in [3.63, 3.8) is 0 Å². The number of nitrogens with one attached hydrogen (secondary N) is 1. The van der Waals surface area contributed by atoms with Gasteiger partial charge in [0, 0.05) is 24.2 Å². The zero-order valence-electron chi connectivity index (χ0n) is 10.1. The van der Waals surface area contributed by atoms with Crippen molar-refractivity contribution < 1.29 is 9.53 Å². The summed E-state index contributed by atoms with van der Waals surface area (Å²) in [6, 6.07) is 3.66. The number of rotatable bonds is 3. The predicted molar refractivity (Wildman–Crippen MR) is 65.8 cm³/mol. The van der Waals surface area contributed by atoms with E-state index >= 15 is 0 Å². The lowest BCUT2D eigenvalue weighted by Crippen LogP contribution is -2.25. The average Bonchev–Trinajstić information content (AvgIpc) is 2.30. The van der Waals surface area contributed by atoms with Crippen LogP contribution >= 0.6 is 0 Å². The molecule has 4 nitrogen and oxygen atoms in total. The van der Waals surface area contributed by atoms with Gasteiger partial charge in [-0.25, -0.2) is 0 Å². The van der Waals surface area contributed by atoms with Gasteiger partial charge in [0.15, 0.2) is 0 Å². The number of ether oxygens (including phenoxy) is 1. The summed E-state index contributed by atoms with van der Waals surface area (Å²) in [6.07, 6.45) is 5.49. The Hall–Kier alpha value is -1.42. The topological polar surface area (TPSA) is 51.2 Å². The number of carbonyl (C=O) groups is 1. The van der Waals surface area contributed by atoms with E-state index in [1.165, 1.54) is 0 Å². The van der Waals surface area contributed by atoms with Gasteiger partial charge in [-0.15, -0.1) is 0 Å². The van der Waals surface area contributed by atoms with E-state index < -0.39 is 0 Å². The molecule has 1 fully saturated rings. The van der Waals surface area contributed by atoms with E-state index in [0.29, 0.717) is 6.42 Å². The van der Waals surface area contributed by atoms with E-state index in [1.807, 2.05) is 13.0 Å². The maximum Gasteiger partial charge on any atom is 0.226 e. The molecule has 0 radical (unpaired) electrons. The second-order valence-electron chi connectivity index (χ2n) is 4.43. The Kier molecular flexibility index (Phi) is 4.09. The van der Waals surface area contributed by atoms with Crippen LogP contribution < -0.4 is 5.32 Å². The number of aromatic nitrogens is 1. The van der Waals surface area contributed by atoms with Crippen LogP contribution in [0.3, 0.4) is 0 Å². The van der Waals surface area contributed by atoms with Gasteiger partial charge in [-0.2, -0.15) is 0 Å². The fourth-order valence-corrected chi connectivity index (χ4v) is 2.01. The molecule has 1 aliphatic heterocycles. The Labute approximate surface area is 101 Å². The molecule has 0 bridgehead atoms. The van der Waals surface area contributed by atoms with Gasteiger partial charge in [-0.05, 0) is 38.3 Å². The number of carbonyl (C=O) groups excluding carboxylic acids is 1. The number of amides is 1. The van der Waals surface area contributed by atoms with Crippen molar-refractivity contribution in [3.8, 4) is 0 Å². The Balaban J connectivity index is 1.84. The van der Waals surface area contributed by atoms with Gasteiger partial charge in [-0.1, -0.05) is 0 Å². The molecule has 1 atom stereocenters. The summed E-state index contributed by atoms with van der Waals surface area (Å²) in [4.78, 5) is 15.9. The number of hydrogen-bond acceptors (Lipinski definition) is 3. The molecule has 1 aromatic heterocycles. The summed E-state index contributed by atoms with van der Waals surface area (Å²) in [7, 11) is 0. The van der Waals surface area contributed by atoms with Crippen LogP contribution in [0, 0.1) is 6.92 Å². The summed E-state index contributed by atoms with van der Waals surface area (Å²) in [5.74, 6) is 0.0162. The van der Waals surface area contributed by atoms with Crippen LogP contribution in [0.1, 0.15) is 31.4 Å². The zero-order chi connectivity index (χ0) is 12.1. The standard InChI is InChI=1S/C13H18N2O2/c1-10-8-11(5-6-14-10)15-13(16)9-12-4-2-3-7-17-12/h5-6,8,12H,2-4,7,9H2,1H3,(H,14,15,16). The first-order valence-corrected chi connectivity index (χ1v) is 6.08. The molecular formula is C13H18N2O2. The summed E-state index contributed by atoms with van der Waals surface area (Å²) in [5.41, 5.74) is 1.70. The van der Waals surface area contributed by atoms with Crippen LogP contribution in [0.15, 0.2) is 18.3 Å². The fourth-order valence-electron chi connectivity index (χ4n) is 2.01. The van der Waals surface area contributed by atoms with Gasteiger partial charge in [-0.3, -0.25) is 9.78 Å². The van der Waals surface area contributed by atoms with Crippen LogP contribution in [0.2, 0.25) is 0 Å². The van der Waals surface area contributed by atoms with Crippen molar-refractivity contribution in [3.05, 3.63) is 24.0 Å². The Bertz CT molecular complexity index is 387. The van der Waals surface area contributed by atoms with Gasteiger partial charge < -0.3 is 10.1 Å². The fraction of sp³-hybridized carbons (Fsp3) is 0.538. The van der Waals surface area contributed by atoms with Crippen LogP contribution in [-0.2, 0) is 9.53 Å². The average molecular weight is 234 g/mol. The molecule has 1 saturated heterocycles. The minimum atomic E-state index is 0.0162. The second kappa shape index (κ2) is 5.77. The third-order valence-corrected chi connectivity index (χ3v) is 2.87. The van der Waals surface area contributed by atoms with Crippen molar-refractivity contribution in [2.75, 3.05) is 11.9 Å². The smallest absolute Gasteiger partial charge is 0.226 e. The van der Waals surface area contributed by atoms with Crippen LogP contribution in [0.25, 0.3) is 0 Å². The highest BCUT2D eigenvalue weighted by Crippen LogP contribution is 2.16. The van der Waals surface area contributed by atoms with Crippen LogP contribution in [0.5, 0.6) is 0 Å². The highest BCUT2D eigenvalue weighted by molar-refractivity contribution is 5.90. The molecule has 0 aromatic carbocycles.